The summed E-state index contributed by atoms with van der Waals surface area (Å²) in [5.41, 5.74) is 10.3. The Bertz CT molecular complexity index is 879. The lowest BCUT2D eigenvalue weighted by Crippen LogP contribution is -2.12. The maximum absolute atomic E-state index is 12.4. The van der Waals surface area contributed by atoms with E-state index in [1.54, 1.807) is 6.33 Å². The summed E-state index contributed by atoms with van der Waals surface area (Å²) in [5, 5.41) is 3.31. The van der Waals surface area contributed by atoms with Crippen molar-refractivity contribution < 1.29 is 4.79 Å². The van der Waals surface area contributed by atoms with E-state index in [9.17, 15) is 4.79 Å². The first-order chi connectivity index (χ1) is 11.5. The number of aromatic nitrogens is 3. The number of rotatable bonds is 4. The number of amides is 1. The molecule has 24 heavy (non-hydrogen) atoms. The van der Waals surface area contributed by atoms with Gasteiger partial charge in [0.05, 0.1) is 17.7 Å². The minimum Gasteiger partial charge on any atom is -0.375 e. The topological polar surface area (TPSA) is 85.8 Å². The van der Waals surface area contributed by atoms with Crippen molar-refractivity contribution in [3.05, 3.63) is 52.6 Å². The molecule has 0 atom stereocenters. The van der Waals surface area contributed by atoms with E-state index in [4.69, 9.17) is 5.73 Å². The fraction of sp³-hybridized carbons (Fsp3) is 0.235. The van der Waals surface area contributed by atoms with Gasteiger partial charge in [0, 0.05) is 17.1 Å². The Balaban J connectivity index is 1.79. The summed E-state index contributed by atoms with van der Waals surface area (Å²) in [6.45, 7) is 5.96. The molecule has 124 valence electrons. The summed E-state index contributed by atoms with van der Waals surface area (Å²) in [6, 6.07) is 7.65. The van der Waals surface area contributed by atoms with Crippen LogP contribution in [-0.4, -0.2) is 20.4 Å². The van der Waals surface area contributed by atoms with Crippen molar-refractivity contribution in [2.45, 2.75) is 27.2 Å². The molecular weight excluding hydrogens is 322 g/mol. The maximum atomic E-state index is 12.4. The number of carbonyl (C=O) groups is 1. The Hall–Kier alpha value is -2.67. The van der Waals surface area contributed by atoms with Gasteiger partial charge in [-0.15, -0.1) is 0 Å². The van der Waals surface area contributed by atoms with Gasteiger partial charge in [0.15, 0.2) is 5.13 Å². The summed E-state index contributed by atoms with van der Waals surface area (Å²) in [5.74, 6) is -0.177. The number of nitrogens with two attached hydrogens (primary N) is 1. The molecule has 3 rings (SSSR count). The molecule has 1 amide bonds. The lowest BCUT2D eigenvalue weighted by atomic mass is 10.2. The van der Waals surface area contributed by atoms with Crippen molar-refractivity contribution >= 4 is 28.1 Å². The predicted octanol–water partition coefficient (Wildman–Crippen LogP) is 3.34. The second kappa shape index (κ2) is 6.45. The number of hydrogen-bond donors (Lipinski definition) is 2. The van der Waals surface area contributed by atoms with Gasteiger partial charge in [-0.1, -0.05) is 18.3 Å². The molecule has 0 aliphatic rings. The molecule has 3 N–H and O–H groups in total. The Morgan fingerprint density at radius 1 is 1.29 bits per heavy atom. The fourth-order valence-electron chi connectivity index (χ4n) is 2.44. The SMILES string of the molecule is CCc1nc(N)sc1C(=O)Nc1ccc(-n2cnc(C)c2C)cc1. The molecule has 0 aliphatic heterocycles. The van der Waals surface area contributed by atoms with Crippen LogP contribution in [0.15, 0.2) is 30.6 Å². The summed E-state index contributed by atoms with van der Waals surface area (Å²) < 4.78 is 2.01. The number of carbonyl (C=O) groups excluding carboxylic acids is 1. The summed E-state index contributed by atoms with van der Waals surface area (Å²) in [6.07, 6.45) is 2.47. The second-order valence-electron chi connectivity index (χ2n) is 5.47. The van der Waals surface area contributed by atoms with Crippen LogP contribution < -0.4 is 11.1 Å². The molecule has 3 aromatic rings. The standard InChI is InChI=1S/C17H19N5OS/c1-4-14-15(24-17(18)21-14)16(23)20-12-5-7-13(8-6-12)22-9-19-10(2)11(22)3/h5-9H,4H2,1-3H3,(H2,18,21)(H,20,23). The number of nitrogens with one attached hydrogen (secondary N) is 1. The van der Waals surface area contributed by atoms with Gasteiger partial charge >= 0.3 is 0 Å². The zero-order valence-corrected chi connectivity index (χ0v) is 14.6. The van der Waals surface area contributed by atoms with Gasteiger partial charge in [-0.2, -0.15) is 0 Å². The molecular formula is C17H19N5OS. The zero-order valence-electron chi connectivity index (χ0n) is 13.8. The van der Waals surface area contributed by atoms with E-state index in [0.717, 1.165) is 28.5 Å². The molecule has 0 fully saturated rings. The average molecular weight is 341 g/mol. The Morgan fingerprint density at radius 2 is 2.00 bits per heavy atom. The van der Waals surface area contributed by atoms with Crippen LogP contribution in [0.25, 0.3) is 5.69 Å². The minimum absolute atomic E-state index is 0.177. The van der Waals surface area contributed by atoms with Crippen molar-refractivity contribution in [2.24, 2.45) is 0 Å². The van der Waals surface area contributed by atoms with Gasteiger partial charge < -0.3 is 15.6 Å². The normalized spacial score (nSPS) is 10.8. The van der Waals surface area contributed by atoms with Crippen molar-refractivity contribution in [3.8, 4) is 5.69 Å². The number of thiazole rings is 1. The zero-order chi connectivity index (χ0) is 17.3. The third-order valence-electron chi connectivity index (χ3n) is 3.91. The molecule has 0 bridgehead atoms. The fourth-order valence-corrected chi connectivity index (χ4v) is 3.26. The Kier molecular flexibility index (Phi) is 4.35. The van der Waals surface area contributed by atoms with Crippen LogP contribution in [-0.2, 0) is 6.42 Å². The molecule has 0 saturated heterocycles. The van der Waals surface area contributed by atoms with Crippen molar-refractivity contribution in [2.75, 3.05) is 11.1 Å². The first-order valence-corrected chi connectivity index (χ1v) is 8.48. The highest BCUT2D eigenvalue weighted by Gasteiger charge is 2.16. The van der Waals surface area contributed by atoms with E-state index in [2.05, 4.69) is 15.3 Å². The van der Waals surface area contributed by atoms with Crippen molar-refractivity contribution in [3.63, 3.8) is 0 Å². The monoisotopic (exact) mass is 341 g/mol. The van der Waals surface area contributed by atoms with Gasteiger partial charge in [0.2, 0.25) is 0 Å². The van der Waals surface area contributed by atoms with Crippen LogP contribution in [0.2, 0.25) is 0 Å². The number of hydrogen-bond acceptors (Lipinski definition) is 5. The summed E-state index contributed by atoms with van der Waals surface area (Å²) in [7, 11) is 0. The number of imidazole rings is 1. The molecule has 0 radical (unpaired) electrons. The highest BCUT2D eigenvalue weighted by Crippen LogP contribution is 2.23. The smallest absolute Gasteiger partial charge is 0.267 e. The summed E-state index contributed by atoms with van der Waals surface area (Å²) >= 11 is 1.21. The van der Waals surface area contributed by atoms with E-state index in [1.165, 1.54) is 11.3 Å². The Labute approximate surface area is 144 Å². The molecule has 1 aromatic carbocycles. The number of aryl methyl sites for hydroxylation is 2. The molecule has 2 aromatic heterocycles. The van der Waals surface area contributed by atoms with Crippen LogP contribution in [0.4, 0.5) is 10.8 Å². The molecule has 7 heteroatoms. The lowest BCUT2D eigenvalue weighted by Gasteiger charge is -2.08. The van der Waals surface area contributed by atoms with Crippen molar-refractivity contribution in [1.29, 1.82) is 0 Å². The number of nitrogen functional groups attached to an aromatic ring is 1. The number of nitrogens with zero attached hydrogens (tertiary/aromatic N) is 3. The number of anilines is 2. The molecule has 0 aliphatic carbocycles. The molecule has 0 spiro atoms. The van der Waals surface area contributed by atoms with Gasteiger partial charge in [-0.05, 0) is 44.5 Å². The second-order valence-corrected chi connectivity index (χ2v) is 6.50. The Morgan fingerprint density at radius 3 is 2.58 bits per heavy atom. The van der Waals surface area contributed by atoms with E-state index in [0.29, 0.717) is 16.4 Å². The first kappa shape index (κ1) is 16.2. The van der Waals surface area contributed by atoms with E-state index in [1.807, 2.05) is 49.6 Å². The first-order valence-electron chi connectivity index (χ1n) is 7.67. The van der Waals surface area contributed by atoms with Crippen LogP contribution in [0, 0.1) is 13.8 Å². The lowest BCUT2D eigenvalue weighted by molar-refractivity contribution is 0.102. The molecule has 6 nitrogen and oxygen atoms in total. The van der Waals surface area contributed by atoms with Gasteiger partial charge in [0.1, 0.15) is 4.88 Å². The van der Waals surface area contributed by atoms with E-state index >= 15 is 0 Å². The quantitative estimate of drug-likeness (QED) is 0.762. The average Bonchev–Trinajstić information content (AvgIpc) is 3.11. The van der Waals surface area contributed by atoms with Crippen LogP contribution >= 0.6 is 11.3 Å². The van der Waals surface area contributed by atoms with Gasteiger partial charge in [0.25, 0.3) is 5.91 Å². The molecule has 2 heterocycles. The van der Waals surface area contributed by atoms with E-state index in [-0.39, 0.29) is 5.91 Å². The van der Waals surface area contributed by atoms with Gasteiger partial charge in [-0.25, -0.2) is 9.97 Å². The number of benzene rings is 1. The van der Waals surface area contributed by atoms with Gasteiger partial charge in [-0.3, -0.25) is 4.79 Å². The third-order valence-corrected chi connectivity index (χ3v) is 4.84. The highest BCUT2D eigenvalue weighted by atomic mass is 32.1. The maximum Gasteiger partial charge on any atom is 0.267 e. The molecule has 0 unspecified atom stereocenters. The highest BCUT2D eigenvalue weighted by molar-refractivity contribution is 7.17. The molecule has 0 saturated carbocycles. The van der Waals surface area contributed by atoms with Crippen LogP contribution in [0.1, 0.15) is 33.7 Å². The minimum atomic E-state index is -0.177. The van der Waals surface area contributed by atoms with Crippen molar-refractivity contribution in [1.82, 2.24) is 14.5 Å². The van der Waals surface area contributed by atoms with Crippen LogP contribution in [0.3, 0.4) is 0 Å². The predicted molar refractivity (Wildman–Crippen MR) is 96.9 cm³/mol. The largest absolute Gasteiger partial charge is 0.375 e. The van der Waals surface area contributed by atoms with E-state index < -0.39 is 0 Å². The third kappa shape index (κ3) is 3.03. The summed E-state index contributed by atoms with van der Waals surface area (Å²) in [4.78, 5) is 21.5. The van der Waals surface area contributed by atoms with Crippen LogP contribution in [0.5, 0.6) is 0 Å².